The fraction of sp³-hybridized carbons (Fsp3) is 0.346. The van der Waals surface area contributed by atoms with Crippen LogP contribution in [0.4, 0.5) is 5.82 Å². The molecule has 1 aromatic carbocycles. The summed E-state index contributed by atoms with van der Waals surface area (Å²) in [5, 5.41) is 12.0. The van der Waals surface area contributed by atoms with Crippen LogP contribution in [0.1, 0.15) is 43.5 Å². The fourth-order valence-electron chi connectivity index (χ4n) is 4.31. The third-order valence-electron chi connectivity index (χ3n) is 6.21. The Morgan fingerprint density at radius 3 is 2.59 bits per heavy atom. The first kappa shape index (κ1) is 22.0. The van der Waals surface area contributed by atoms with Crippen LogP contribution in [-0.4, -0.2) is 36.0 Å². The van der Waals surface area contributed by atoms with Crippen molar-refractivity contribution in [1.29, 1.82) is 0 Å². The van der Waals surface area contributed by atoms with E-state index in [9.17, 15) is 0 Å². The minimum absolute atomic E-state index is 0.295. The fourth-order valence-corrected chi connectivity index (χ4v) is 4.31. The number of pyridine rings is 1. The van der Waals surface area contributed by atoms with E-state index in [1.165, 1.54) is 19.3 Å². The van der Waals surface area contributed by atoms with E-state index in [1.807, 2.05) is 56.4 Å². The number of rotatable bonds is 7. The van der Waals surface area contributed by atoms with E-state index >= 15 is 0 Å². The highest BCUT2D eigenvalue weighted by Gasteiger charge is 2.19. The molecule has 0 saturated heterocycles. The van der Waals surface area contributed by atoms with Crippen molar-refractivity contribution < 1.29 is 4.74 Å². The molecule has 1 N–H and O–H groups in total. The number of aromatic nitrogens is 6. The summed E-state index contributed by atoms with van der Waals surface area (Å²) >= 11 is 0. The summed E-state index contributed by atoms with van der Waals surface area (Å²) in [6, 6.07) is 14.0. The van der Waals surface area contributed by atoms with E-state index in [4.69, 9.17) is 14.7 Å². The maximum atomic E-state index is 6.23. The lowest BCUT2D eigenvalue weighted by molar-refractivity contribution is 0.153. The molecule has 0 aliphatic heterocycles. The number of hydrogen-bond donors (Lipinski definition) is 1. The van der Waals surface area contributed by atoms with Crippen molar-refractivity contribution >= 4 is 5.82 Å². The van der Waals surface area contributed by atoms with Gasteiger partial charge < -0.3 is 10.1 Å². The summed E-state index contributed by atoms with van der Waals surface area (Å²) in [7, 11) is 1.88. The van der Waals surface area contributed by atoms with Crippen LogP contribution < -0.4 is 10.1 Å². The average Bonchev–Trinajstić information content (AvgIpc) is 3.25. The normalized spacial score (nSPS) is 14.2. The lowest BCUT2D eigenvalue weighted by Gasteiger charge is -2.23. The highest BCUT2D eigenvalue weighted by molar-refractivity contribution is 5.61. The van der Waals surface area contributed by atoms with Crippen molar-refractivity contribution in [3.05, 3.63) is 66.2 Å². The van der Waals surface area contributed by atoms with Crippen LogP contribution in [0.2, 0.25) is 0 Å². The number of anilines is 1. The highest BCUT2D eigenvalue weighted by Crippen LogP contribution is 2.28. The van der Waals surface area contributed by atoms with Gasteiger partial charge in [0.2, 0.25) is 0 Å². The maximum absolute atomic E-state index is 6.23. The summed E-state index contributed by atoms with van der Waals surface area (Å²) in [6.07, 6.45) is 9.81. The molecule has 1 aliphatic carbocycles. The lowest BCUT2D eigenvalue weighted by Crippen LogP contribution is -2.20. The molecule has 5 rings (SSSR count). The molecule has 8 heteroatoms. The first-order valence-corrected chi connectivity index (χ1v) is 11.8. The molecule has 0 bridgehead atoms. The van der Waals surface area contributed by atoms with Gasteiger partial charge in [0.05, 0.1) is 47.8 Å². The Kier molecular flexibility index (Phi) is 6.46. The van der Waals surface area contributed by atoms with E-state index in [2.05, 4.69) is 20.6 Å². The molecule has 0 atom stereocenters. The summed E-state index contributed by atoms with van der Waals surface area (Å²) < 4.78 is 8.00. The van der Waals surface area contributed by atoms with Crippen LogP contribution in [0.3, 0.4) is 0 Å². The molecule has 1 saturated carbocycles. The summed E-state index contributed by atoms with van der Waals surface area (Å²) in [5.74, 6) is 1.54. The molecule has 1 fully saturated rings. The van der Waals surface area contributed by atoms with E-state index in [1.54, 1.807) is 17.1 Å². The molecule has 174 valence electrons. The molecule has 0 unspecified atom stereocenters. The van der Waals surface area contributed by atoms with Gasteiger partial charge in [0, 0.05) is 12.6 Å². The number of nitrogens with one attached hydrogen (secondary N) is 1. The van der Waals surface area contributed by atoms with Crippen molar-refractivity contribution in [3.63, 3.8) is 0 Å². The van der Waals surface area contributed by atoms with Gasteiger partial charge >= 0.3 is 0 Å². The van der Waals surface area contributed by atoms with Gasteiger partial charge in [0.25, 0.3) is 0 Å². The Bertz CT molecular complexity index is 1250. The molecule has 8 nitrogen and oxygen atoms in total. The van der Waals surface area contributed by atoms with Gasteiger partial charge in [-0.15, -0.1) is 5.10 Å². The quantitative estimate of drug-likeness (QED) is 0.421. The maximum Gasteiger partial charge on any atom is 0.145 e. The summed E-state index contributed by atoms with van der Waals surface area (Å²) in [5.41, 5.74) is 5.15. The van der Waals surface area contributed by atoms with Crippen LogP contribution in [0, 0.1) is 6.92 Å². The molecular formula is C26H29N7O. The van der Waals surface area contributed by atoms with Crippen LogP contribution in [0.15, 0.2) is 54.9 Å². The topological polar surface area (TPSA) is 90.6 Å². The standard InChI is InChI=1S/C26H29N7O/c1-18-24(34-20-11-7-4-8-12-20)14-13-21(29-18)26-23(33(2)32-31-26)16-28-25-17-27-15-22(30-25)19-9-5-3-6-10-19/h3,5-6,9-10,13-15,17,20H,4,7-8,11-12,16H2,1-2H3,(H,28,30). The molecule has 34 heavy (non-hydrogen) atoms. The van der Waals surface area contributed by atoms with Crippen molar-refractivity contribution in [2.24, 2.45) is 7.05 Å². The minimum Gasteiger partial charge on any atom is -0.489 e. The third kappa shape index (κ3) is 4.90. The Morgan fingerprint density at radius 2 is 1.79 bits per heavy atom. The summed E-state index contributed by atoms with van der Waals surface area (Å²) in [4.78, 5) is 13.8. The molecule has 0 spiro atoms. The minimum atomic E-state index is 0.295. The zero-order valence-corrected chi connectivity index (χ0v) is 19.6. The molecule has 0 radical (unpaired) electrons. The predicted octanol–water partition coefficient (Wildman–Crippen LogP) is 4.97. The Balaban J connectivity index is 1.32. The first-order valence-electron chi connectivity index (χ1n) is 11.8. The number of hydrogen-bond acceptors (Lipinski definition) is 7. The Morgan fingerprint density at radius 1 is 0.971 bits per heavy atom. The van der Waals surface area contributed by atoms with Gasteiger partial charge in [-0.3, -0.25) is 4.98 Å². The van der Waals surface area contributed by atoms with Crippen molar-refractivity contribution in [2.75, 3.05) is 5.32 Å². The second kappa shape index (κ2) is 9.99. The van der Waals surface area contributed by atoms with Crippen LogP contribution in [-0.2, 0) is 13.6 Å². The second-order valence-corrected chi connectivity index (χ2v) is 8.68. The van der Waals surface area contributed by atoms with Gasteiger partial charge in [-0.2, -0.15) is 0 Å². The molecule has 1 aliphatic rings. The third-order valence-corrected chi connectivity index (χ3v) is 6.21. The Labute approximate surface area is 199 Å². The average molecular weight is 456 g/mol. The van der Waals surface area contributed by atoms with Gasteiger partial charge in [-0.1, -0.05) is 42.0 Å². The van der Waals surface area contributed by atoms with Crippen molar-refractivity contribution in [3.8, 4) is 28.4 Å². The molecule has 3 heterocycles. The second-order valence-electron chi connectivity index (χ2n) is 8.68. The largest absolute Gasteiger partial charge is 0.489 e. The number of aryl methyl sites for hydroxylation is 2. The number of benzene rings is 1. The Hall–Kier alpha value is -3.81. The van der Waals surface area contributed by atoms with Crippen LogP contribution >= 0.6 is 0 Å². The smallest absolute Gasteiger partial charge is 0.145 e. The van der Waals surface area contributed by atoms with Crippen molar-refractivity contribution in [2.45, 2.75) is 51.7 Å². The van der Waals surface area contributed by atoms with Crippen LogP contribution in [0.25, 0.3) is 22.6 Å². The number of nitrogens with zero attached hydrogens (tertiary/aromatic N) is 6. The predicted molar refractivity (Wildman–Crippen MR) is 131 cm³/mol. The SMILES string of the molecule is Cc1nc(-c2nnn(C)c2CNc2cncc(-c3ccccc3)n2)ccc1OC1CCCCC1. The van der Waals surface area contributed by atoms with E-state index < -0.39 is 0 Å². The first-order chi connectivity index (χ1) is 16.7. The molecule has 0 amide bonds. The van der Waals surface area contributed by atoms with Gasteiger partial charge in [-0.05, 0) is 44.7 Å². The molecule has 3 aromatic heterocycles. The molecular weight excluding hydrogens is 426 g/mol. The van der Waals surface area contributed by atoms with Gasteiger partial charge in [0.1, 0.15) is 17.3 Å². The zero-order valence-electron chi connectivity index (χ0n) is 19.6. The zero-order chi connectivity index (χ0) is 23.3. The van der Waals surface area contributed by atoms with Crippen LogP contribution in [0.5, 0.6) is 5.75 Å². The highest BCUT2D eigenvalue weighted by atomic mass is 16.5. The van der Waals surface area contributed by atoms with Gasteiger partial charge in [0.15, 0.2) is 0 Å². The monoisotopic (exact) mass is 455 g/mol. The van der Waals surface area contributed by atoms with Gasteiger partial charge in [-0.25, -0.2) is 14.6 Å². The lowest BCUT2D eigenvalue weighted by atomic mass is 9.98. The van der Waals surface area contributed by atoms with Crippen molar-refractivity contribution in [1.82, 2.24) is 29.9 Å². The van der Waals surface area contributed by atoms with E-state index in [0.29, 0.717) is 18.5 Å². The van der Waals surface area contributed by atoms with E-state index in [-0.39, 0.29) is 0 Å². The molecule has 4 aromatic rings. The summed E-state index contributed by atoms with van der Waals surface area (Å²) in [6.45, 7) is 2.48. The van der Waals surface area contributed by atoms with E-state index in [0.717, 1.165) is 52.6 Å². The number of ether oxygens (including phenoxy) is 1.